The van der Waals surface area contributed by atoms with Crippen LogP contribution in [0.25, 0.3) is 0 Å². The van der Waals surface area contributed by atoms with Gasteiger partial charge in [0, 0.05) is 11.6 Å². The highest BCUT2D eigenvalue weighted by molar-refractivity contribution is 4.83. The molecule has 3 N–H and O–H groups in total. The first-order chi connectivity index (χ1) is 8.00. The van der Waals surface area contributed by atoms with Crippen LogP contribution in [0.2, 0.25) is 0 Å². The van der Waals surface area contributed by atoms with Gasteiger partial charge in [0.1, 0.15) is 0 Å². The Morgan fingerprint density at radius 2 is 2.12 bits per heavy atom. The zero-order valence-corrected chi connectivity index (χ0v) is 11.8. The summed E-state index contributed by atoms with van der Waals surface area (Å²) in [7, 11) is 0. The van der Waals surface area contributed by atoms with E-state index in [1.54, 1.807) is 0 Å². The zero-order valence-electron chi connectivity index (χ0n) is 11.8. The number of hydrogen-bond acceptors (Lipinski definition) is 3. The molecule has 3 nitrogen and oxygen atoms in total. The van der Waals surface area contributed by atoms with E-state index in [-0.39, 0.29) is 12.1 Å². The van der Waals surface area contributed by atoms with E-state index in [4.69, 9.17) is 5.73 Å². The zero-order chi connectivity index (χ0) is 12.9. The van der Waals surface area contributed by atoms with Crippen molar-refractivity contribution in [3.8, 4) is 0 Å². The molecule has 3 heteroatoms. The fourth-order valence-electron chi connectivity index (χ4n) is 2.79. The summed E-state index contributed by atoms with van der Waals surface area (Å²) in [4.78, 5) is 2.58. The van der Waals surface area contributed by atoms with Gasteiger partial charge in [-0.05, 0) is 58.0 Å². The van der Waals surface area contributed by atoms with E-state index in [2.05, 4.69) is 25.7 Å². The van der Waals surface area contributed by atoms with Gasteiger partial charge < -0.3 is 15.7 Å². The minimum absolute atomic E-state index is 0.107. The summed E-state index contributed by atoms with van der Waals surface area (Å²) in [6.07, 6.45) is 5.53. The highest BCUT2D eigenvalue weighted by atomic mass is 16.3. The molecule has 3 atom stereocenters. The monoisotopic (exact) mass is 242 g/mol. The van der Waals surface area contributed by atoms with Crippen LogP contribution >= 0.6 is 0 Å². The van der Waals surface area contributed by atoms with Crippen molar-refractivity contribution >= 4 is 0 Å². The SMILES string of the molecule is CCC(N)(CO)CCCN1CCC(C)CC1C. The molecule has 0 aliphatic carbocycles. The molecule has 1 heterocycles. The Bertz CT molecular complexity index is 216. The topological polar surface area (TPSA) is 49.5 Å². The molecule has 1 aliphatic rings. The standard InChI is InChI=1S/C14H30N2O/c1-4-14(15,11-17)7-5-8-16-9-6-12(2)10-13(16)3/h12-13,17H,4-11,15H2,1-3H3. The van der Waals surface area contributed by atoms with E-state index >= 15 is 0 Å². The Morgan fingerprint density at radius 1 is 1.41 bits per heavy atom. The first-order valence-corrected chi connectivity index (χ1v) is 7.14. The van der Waals surface area contributed by atoms with Crippen molar-refractivity contribution in [2.75, 3.05) is 19.7 Å². The number of likely N-dealkylation sites (tertiary alicyclic amines) is 1. The van der Waals surface area contributed by atoms with Gasteiger partial charge in [0.25, 0.3) is 0 Å². The molecule has 0 aromatic carbocycles. The van der Waals surface area contributed by atoms with E-state index in [0.717, 1.165) is 31.7 Å². The number of piperidine rings is 1. The lowest BCUT2D eigenvalue weighted by Gasteiger charge is -2.37. The molecule has 0 spiro atoms. The number of aliphatic hydroxyl groups is 1. The van der Waals surface area contributed by atoms with Crippen LogP contribution in [0.4, 0.5) is 0 Å². The van der Waals surface area contributed by atoms with Crippen LogP contribution in [0.1, 0.15) is 52.9 Å². The van der Waals surface area contributed by atoms with Crippen molar-refractivity contribution in [1.82, 2.24) is 4.90 Å². The van der Waals surface area contributed by atoms with Crippen LogP contribution in [0.15, 0.2) is 0 Å². The largest absolute Gasteiger partial charge is 0.394 e. The van der Waals surface area contributed by atoms with Crippen molar-refractivity contribution in [3.63, 3.8) is 0 Å². The summed E-state index contributed by atoms with van der Waals surface area (Å²) in [5.41, 5.74) is 5.75. The molecule has 0 saturated carbocycles. The van der Waals surface area contributed by atoms with Crippen LogP contribution in [-0.4, -0.2) is 41.3 Å². The number of aliphatic hydroxyl groups excluding tert-OH is 1. The Hall–Kier alpha value is -0.120. The Balaban J connectivity index is 2.26. The van der Waals surface area contributed by atoms with Crippen molar-refractivity contribution in [2.24, 2.45) is 11.7 Å². The summed E-state index contributed by atoms with van der Waals surface area (Å²) in [6, 6.07) is 0.710. The molecule has 1 saturated heterocycles. The highest BCUT2D eigenvalue weighted by Crippen LogP contribution is 2.23. The van der Waals surface area contributed by atoms with Gasteiger partial charge in [-0.25, -0.2) is 0 Å². The average Bonchev–Trinajstić information content (AvgIpc) is 2.32. The number of hydrogen-bond donors (Lipinski definition) is 2. The Morgan fingerprint density at radius 3 is 2.65 bits per heavy atom. The summed E-state index contributed by atoms with van der Waals surface area (Å²) in [5.74, 6) is 0.878. The third-order valence-corrected chi connectivity index (χ3v) is 4.41. The highest BCUT2D eigenvalue weighted by Gasteiger charge is 2.24. The summed E-state index contributed by atoms with van der Waals surface area (Å²) < 4.78 is 0. The van der Waals surface area contributed by atoms with Crippen molar-refractivity contribution in [3.05, 3.63) is 0 Å². The Labute approximate surface area is 106 Å². The minimum Gasteiger partial charge on any atom is -0.394 e. The molecule has 1 fully saturated rings. The van der Waals surface area contributed by atoms with Gasteiger partial charge in [-0.15, -0.1) is 0 Å². The molecule has 0 amide bonds. The minimum atomic E-state index is -0.355. The van der Waals surface area contributed by atoms with Gasteiger partial charge in [-0.1, -0.05) is 13.8 Å². The van der Waals surface area contributed by atoms with Gasteiger partial charge in [0.15, 0.2) is 0 Å². The van der Waals surface area contributed by atoms with Crippen LogP contribution in [0.5, 0.6) is 0 Å². The fraction of sp³-hybridized carbons (Fsp3) is 1.00. The predicted molar refractivity (Wildman–Crippen MR) is 73.0 cm³/mol. The molecule has 0 aromatic heterocycles. The molecule has 0 bridgehead atoms. The number of rotatable bonds is 6. The maximum atomic E-state index is 9.27. The number of nitrogens with zero attached hydrogens (tertiary/aromatic N) is 1. The van der Waals surface area contributed by atoms with Crippen LogP contribution < -0.4 is 5.73 Å². The molecule has 3 unspecified atom stereocenters. The van der Waals surface area contributed by atoms with Gasteiger partial charge >= 0.3 is 0 Å². The smallest absolute Gasteiger partial charge is 0.0611 e. The molecular formula is C14H30N2O. The summed E-state index contributed by atoms with van der Waals surface area (Å²) in [5, 5.41) is 9.27. The lowest BCUT2D eigenvalue weighted by molar-refractivity contribution is 0.118. The van der Waals surface area contributed by atoms with Gasteiger partial charge in [0.05, 0.1) is 6.61 Å². The second-order valence-corrected chi connectivity index (χ2v) is 5.99. The molecule has 102 valence electrons. The van der Waals surface area contributed by atoms with E-state index in [1.165, 1.54) is 19.4 Å². The molecule has 1 rings (SSSR count). The van der Waals surface area contributed by atoms with Gasteiger partial charge in [0.2, 0.25) is 0 Å². The maximum Gasteiger partial charge on any atom is 0.0611 e. The van der Waals surface area contributed by atoms with Crippen LogP contribution in [0.3, 0.4) is 0 Å². The van der Waals surface area contributed by atoms with Crippen molar-refractivity contribution in [2.45, 2.75) is 64.5 Å². The lowest BCUT2D eigenvalue weighted by atomic mass is 9.90. The van der Waals surface area contributed by atoms with Crippen LogP contribution in [-0.2, 0) is 0 Å². The van der Waals surface area contributed by atoms with E-state index in [0.29, 0.717) is 6.04 Å². The van der Waals surface area contributed by atoms with Gasteiger partial charge in [-0.3, -0.25) is 0 Å². The predicted octanol–water partition coefficient (Wildman–Crippen LogP) is 1.99. The third-order valence-electron chi connectivity index (χ3n) is 4.41. The molecular weight excluding hydrogens is 212 g/mol. The normalized spacial score (nSPS) is 30.2. The first kappa shape index (κ1) is 14.9. The summed E-state index contributed by atoms with van der Waals surface area (Å²) >= 11 is 0. The second kappa shape index (κ2) is 6.72. The van der Waals surface area contributed by atoms with E-state index in [1.807, 2.05) is 0 Å². The Kier molecular flexibility index (Phi) is 5.90. The first-order valence-electron chi connectivity index (χ1n) is 7.14. The quantitative estimate of drug-likeness (QED) is 0.749. The van der Waals surface area contributed by atoms with Crippen molar-refractivity contribution in [1.29, 1.82) is 0 Å². The third kappa shape index (κ3) is 4.57. The fourth-order valence-corrected chi connectivity index (χ4v) is 2.79. The van der Waals surface area contributed by atoms with E-state index in [9.17, 15) is 5.11 Å². The lowest BCUT2D eigenvalue weighted by Crippen LogP contribution is -2.45. The van der Waals surface area contributed by atoms with E-state index < -0.39 is 0 Å². The van der Waals surface area contributed by atoms with Gasteiger partial charge in [-0.2, -0.15) is 0 Å². The average molecular weight is 242 g/mol. The molecule has 17 heavy (non-hydrogen) atoms. The molecule has 0 radical (unpaired) electrons. The summed E-state index contributed by atoms with van der Waals surface area (Å²) in [6.45, 7) is 9.20. The van der Waals surface area contributed by atoms with Crippen molar-refractivity contribution < 1.29 is 5.11 Å². The maximum absolute atomic E-state index is 9.27. The second-order valence-electron chi connectivity index (χ2n) is 5.99. The molecule has 0 aromatic rings. The molecule has 1 aliphatic heterocycles. The number of nitrogens with two attached hydrogens (primary N) is 1. The van der Waals surface area contributed by atoms with Crippen LogP contribution in [0, 0.1) is 5.92 Å².